The maximum absolute atomic E-state index is 12.1. The molecule has 5 aromatic rings. The largest absolute Gasteiger partial charge is 0.335 e. The van der Waals surface area contributed by atoms with Gasteiger partial charge in [0.15, 0.2) is 11.5 Å². The third-order valence-electron chi connectivity index (χ3n) is 4.99. The molecule has 3 N–H and O–H groups in total. The van der Waals surface area contributed by atoms with E-state index in [2.05, 4.69) is 42.4 Å². The van der Waals surface area contributed by atoms with Crippen LogP contribution in [-0.4, -0.2) is 41.0 Å². The number of fused-ring (bicyclic) bond motifs is 2. The number of unbranched alkanes of at least 4 members (excludes halogenated alkanes) is 1. The lowest BCUT2D eigenvalue weighted by atomic mass is 10.1. The summed E-state index contributed by atoms with van der Waals surface area (Å²) in [5.74, 6) is 0.606. The van der Waals surface area contributed by atoms with E-state index in [0.717, 1.165) is 40.6 Å². The molecule has 31 heavy (non-hydrogen) atoms. The molecule has 0 bridgehead atoms. The monoisotopic (exact) mass is 412 g/mol. The number of aromatic amines is 2. The summed E-state index contributed by atoms with van der Waals surface area (Å²) >= 11 is 0. The van der Waals surface area contributed by atoms with Crippen LogP contribution in [0.1, 0.15) is 26.2 Å². The van der Waals surface area contributed by atoms with Crippen molar-refractivity contribution in [2.45, 2.75) is 26.2 Å². The Morgan fingerprint density at radius 1 is 1.06 bits per heavy atom. The number of imidazole rings is 1. The van der Waals surface area contributed by atoms with Gasteiger partial charge in [-0.25, -0.2) is 9.97 Å². The second kappa shape index (κ2) is 7.94. The fraction of sp³-hybridized carbons (Fsp3) is 0.182. The molecule has 5 aromatic heterocycles. The molecule has 1 amide bonds. The number of nitrogens with one attached hydrogen (secondary N) is 3. The highest BCUT2D eigenvalue weighted by Crippen LogP contribution is 2.28. The van der Waals surface area contributed by atoms with Gasteiger partial charge in [-0.05, 0) is 30.7 Å². The predicted octanol–water partition coefficient (Wildman–Crippen LogP) is 4.09. The number of hydrogen-bond acceptors (Lipinski definition) is 6. The molecular formula is C22H20N8O. The van der Waals surface area contributed by atoms with E-state index in [1.54, 1.807) is 24.8 Å². The average Bonchev–Trinajstić information content (AvgIpc) is 3.41. The summed E-state index contributed by atoms with van der Waals surface area (Å²) in [6.45, 7) is 2.06. The van der Waals surface area contributed by atoms with E-state index in [9.17, 15) is 4.79 Å². The first-order valence-corrected chi connectivity index (χ1v) is 10.1. The number of pyridine rings is 3. The molecule has 0 aliphatic rings. The summed E-state index contributed by atoms with van der Waals surface area (Å²) < 4.78 is 0. The number of anilines is 1. The molecule has 9 nitrogen and oxygen atoms in total. The van der Waals surface area contributed by atoms with Gasteiger partial charge in [-0.1, -0.05) is 13.3 Å². The molecule has 0 saturated heterocycles. The number of rotatable bonds is 6. The van der Waals surface area contributed by atoms with Crippen molar-refractivity contribution in [3.05, 3.63) is 49.1 Å². The lowest BCUT2D eigenvalue weighted by Gasteiger charge is -2.07. The molecule has 0 atom stereocenters. The molecular weight excluding hydrogens is 392 g/mol. The fourth-order valence-corrected chi connectivity index (χ4v) is 3.40. The molecule has 0 fully saturated rings. The third-order valence-corrected chi connectivity index (χ3v) is 4.99. The Morgan fingerprint density at radius 3 is 2.87 bits per heavy atom. The van der Waals surface area contributed by atoms with Gasteiger partial charge in [-0.3, -0.25) is 19.9 Å². The maximum Gasteiger partial charge on any atom is 0.224 e. The van der Waals surface area contributed by atoms with Crippen molar-refractivity contribution in [2.75, 3.05) is 5.32 Å². The molecule has 5 heterocycles. The molecule has 0 saturated carbocycles. The minimum atomic E-state index is -0.0132. The molecule has 5 rings (SSSR count). The second-order valence-electron chi connectivity index (χ2n) is 7.26. The zero-order valence-corrected chi connectivity index (χ0v) is 16.9. The Balaban J connectivity index is 1.49. The number of nitrogens with zero attached hydrogens (tertiary/aromatic N) is 5. The van der Waals surface area contributed by atoms with Crippen molar-refractivity contribution in [1.82, 2.24) is 35.1 Å². The molecule has 0 aromatic carbocycles. The van der Waals surface area contributed by atoms with Crippen LogP contribution in [0, 0.1) is 0 Å². The van der Waals surface area contributed by atoms with Crippen molar-refractivity contribution in [3.8, 4) is 22.8 Å². The Hall–Kier alpha value is -4.14. The molecule has 0 aliphatic carbocycles. The topological polar surface area (TPSA) is 125 Å². The average molecular weight is 412 g/mol. The minimum Gasteiger partial charge on any atom is -0.335 e. The predicted molar refractivity (Wildman–Crippen MR) is 118 cm³/mol. The van der Waals surface area contributed by atoms with Gasteiger partial charge in [0.1, 0.15) is 5.52 Å². The number of hydrogen-bond donors (Lipinski definition) is 3. The highest BCUT2D eigenvalue weighted by Gasteiger charge is 2.15. The van der Waals surface area contributed by atoms with Crippen LogP contribution in [0.2, 0.25) is 0 Å². The lowest BCUT2D eigenvalue weighted by molar-refractivity contribution is -0.116. The summed E-state index contributed by atoms with van der Waals surface area (Å²) in [5.41, 5.74) is 5.95. The van der Waals surface area contributed by atoms with Gasteiger partial charge < -0.3 is 10.3 Å². The maximum atomic E-state index is 12.1. The SMILES string of the molecule is CCCCC(=O)Nc1cncc(-c2ccc3[nH]nc(-c4nc5ccncc5[nH]4)c3n2)c1. The van der Waals surface area contributed by atoms with E-state index in [1.165, 1.54) is 0 Å². The van der Waals surface area contributed by atoms with E-state index >= 15 is 0 Å². The van der Waals surface area contributed by atoms with Crippen LogP contribution in [0.25, 0.3) is 44.8 Å². The van der Waals surface area contributed by atoms with Crippen LogP contribution in [0.4, 0.5) is 5.69 Å². The number of aromatic nitrogens is 7. The van der Waals surface area contributed by atoms with Crippen LogP contribution in [0.5, 0.6) is 0 Å². The van der Waals surface area contributed by atoms with Gasteiger partial charge in [0.2, 0.25) is 5.91 Å². The number of amides is 1. The smallest absolute Gasteiger partial charge is 0.224 e. The minimum absolute atomic E-state index is 0.0132. The highest BCUT2D eigenvalue weighted by atomic mass is 16.1. The normalized spacial score (nSPS) is 11.3. The zero-order chi connectivity index (χ0) is 21.2. The van der Waals surface area contributed by atoms with Gasteiger partial charge in [0, 0.05) is 24.4 Å². The van der Waals surface area contributed by atoms with Gasteiger partial charge >= 0.3 is 0 Å². The summed E-state index contributed by atoms with van der Waals surface area (Å²) in [6.07, 6.45) is 9.12. The fourth-order valence-electron chi connectivity index (χ4n) is 3.40. The van der Waals surface area contributed by atoms with E-state index in [0.29, 0.717) is 29.1 Å². The van der Waals surface area contributed by atoms with E-state index < -0.39 is 0 Å². The number of carbonyl (C=O) groups excluding carboxylic acids is 1. The van der Waals surface area contributed by atoms with Crippen molar-refractivity contribution in [1.29, 1.82) is 0 Å². The quantitative estimate of drug-likeness (QED) is 0.386. The van der Waals surface area contributed by atoms with Crippen LogP contribution in [-0.2, 0) is 4.79 Å². The zero-order valence-electron chi connectivity index (χ0n) is 16.9. The first-order chi connectivity index (χ1) is 15.2. The first kappa shape index (κ1) is 18.9. The number of H-pyrrole nitrogens is 2. The lowest BCUT2D eigenvalue weighted by Crippen LogP contribution is -2.11. The Bertz CT molecular complexity index is 1350. The molecule has 0 radical (unpaired) electrons. The Morgan fingerprint density at radius 2 is 2.00 bits per heavy atom. The van der Waals surface area contributed by atoms with Crippen LogP contribution in [0.3, 0.4) is 0 Å². The molecule has 154 valence electrons. The first-order valence-electron chi connectivity index (χ1n) is 10.1. The van der Waals surface area contributed by atoms with Crippen molar-refractivity contribution >= 4 is 33.7 Å². The summed E-state index contributed by atoms with van der Waals surface area (Å²) in [7, 11) is 0. The van der Waals surface area contributed by atoms with E-state index in [-0.39, 0.29) is 5.91 Å². The Labute approximate surface area is 177 Å². The molecule has 0 aliphatic heterocycles. The molecule has 0 spiro atoms. The summed E-state index contributed by atoms with van der Waals surface area (Å²) in [5, 5.41) is 10.3. The van der Waals surface area contributed by atoms with Crippen molar-refractivity contribution in [3.63, 3.8) is 0 Å². The van der Waals surface area contributed by atoms with Crippen LogP contribution < -0.4 is 5.32 Å². The highest BCUT2D eigenvalue weighted by molar-refractivity contribution is 5.92. The van der Waals surface area contributed by atoms with Gasteiger partial charge in [0.05, 0.1) is 40.3 Å². The second-order valence-corrected chi connectivity index (χ2v) is 7.26. The third kappa shape index (κ3) is 3.73. The summed E-state index contributed by atoms with van der Waals surface area (Å²) in [6, 6.07) is 7.53. The Kier molecular flexibility index (Phi) is 4.83. The van der Waals surface area contributed by atoms with Crippen LogP contribution >= 0.6 is 0 Å². The molecule has 9 heteroatoms. The van der Waals surface area contributed by atoms with Gasteiger partial charge in [-0.2, -0.15) is 5.10 Å². The van der Waals surface area contributed by atoms with Crippen LogP contribution in [0.15, 0.2) is 49.1 Å². The van der Waals surface area contributed by atoms with Crippen molar-refractivity contribution in [2.24, 2.45) is 0 Å². The van der Waals surface area contributed by atoms with Gasteiger partial charge in [-0.15, -0.1) is 0 Å². The molecule has 0 unspecified atom stereocenters. The number of carbonyl (C=O) groups is 1. The standard InChI is InChI=1S/C22H20N8O/c1-2-3-4-19(31)25-14-9-13(10-24-11-14)15-5-6-17-20(26-15)21(30-29-17)22-27-16-7-8-23-12-18(16)28-22/h5-12H,2-4H2,1H3,(H,25,31)(H,27,28)(H,29,30). The van der Waals surface area contributed by atoms with Crippen molar-refractivity contribution < 1.29 is 4.79 Å². The van der Waals surface area contributed by atoms with E-state index in [4.69, 9.17) is 4.98 Å². The summed E-state index contributed by atoms with van der Waals surface area (Å²) in [4.78, 5) is 33.1. The van der Waals surface area contributed by atoms with Gasteiger partial charge in [0.25, 0.3) is 0 Å². The van der Waals surface area contributed by atoms with E-state index in [1.807, 2.05) is 24.3 Å².